The van der Waals surface area contributed by atoms with Crippen LogP contribution in [-0.4, -0.2) is 85.0 Å². The second-order valence-electron chi connectivity index (χ2n) is 18.0. The van der Waals surface area contributed by atoms with Crippen molar-refractivity contribution in [3.63, 3.8) is 0 Å². The van der Waals surface area contributed by atoms with Crippen LogP contribution in [0.2, 0.25) is 0 Å². The maximum absolute atomic E-state index is 14.8. The van der Waals surface area contributed by atoms with Crippen molar-refractivity contribution in [3.05, 3.63) is 94.7 Å². The number of Topliss-reactive ketones (excluding diaryl/α,β-unsaturated/α-hetero) is 3. The third-order valence-corrected chi connectivity index (χ3v) is 11.9. The number of anilines is 1. The van der Waals surface area contributed by atoms with Crippen molar-refractivity contribution in [2.45, 2.75) is 90.6 Å². The van der Waals surface area contributed by atoms with Gasteiger partial charge in [-0.3, -0.25) is 29.0 Å². The highest BCUT2D eigenvalue weighted by Gasteiger charge is 2.36. The fourth-order valence-electron chi connectivity index (χ4n) is 8.32. The lowest BCUT2D eigenvalue weighted by Crippen LogP contribution is -2.46. The number of ketones is 3. The number of amides is 2. The van der Waals surface area contributed by atoms with Gasteiger partial charge in [0, 0.05) is 80.0 Å². The number of nitrogen functional groups attached to an aromatic ring is 1. The van der Waals surface area contributed by atoms with E-state index in [1.54, 1.807) is 50.2 Å². The number of aromatic nitrogens is 1. The molecule has 0 radical (unpaired) electrons. The molecule has 350 valence electrons. The molecular weight excluding hydrogens is 837 g/mol. The molecule has 0 aliphatic carbocycles. The molecule has 5 rings (SSSR count). The highest BCUT2D eigenvalue weighted by Crippen LogP contribution is 2.41. The van der Waals surface area contributed by atoms with Gasteiger partial charge >= 0.3 is 0 Å². The van der Waals surface area contributed by atoms with Crippen molar-refractivity contribution in [1.29, 1.82) is 5.26 Å². The van der Waals surface area contributed by atoms with E-state index in [9.17, 15) is 29.2 Å². The summed E-state index contributed by atoms with van der Waals surface area (Å²) in [7, 11) is 1.49. The fraction of sp³-hybridized carbons (Fsp3) is 0.431. The van der Waals surface area contributed by atoms with E-state index in [0.29, 0.717) is 45.1 Å². The summed E-state index contributed by atoms with van der Waals surface area (Å²) in [6.07, 6.45) is -0.479. The summed E-state index contributed by atoms with van der Waals surface area (Å²) >= 11 is 0. The molecule has 0 saturated carbocycles. The molecule has 15 heteroatoms. The predicted molar refractivity (Wildman–Crippen MR) is 254 cm³/mol. The van der Waals surface area contributed by atoms with Gasteiger partial charge in [0.2, 0.25) is 11.8 Å². The molecule has 4 aromatic rings. The second kappa shape index (κ2) is 22.6. The molecule has 1 aliphatic rings. The fourth-order valence-corrected chi connectivity index (χ4v) is 8.32. The Kier molecular flexibility index (Phi) is 17.3. The van der Waals surface area contributed by atoms with E-state index < -0.39 is 47.3 Å². The number of carbonyl (C=O) groups excluding carboxylic acids is 5. The zero-order valence-corrected chi connectivity index (χ0v) is 38.9. The van der Waals surface area contributed by atoms with Crippen LogP contribution in [0.15, 0.2) is 66.7 Å². The van der Waals surface area contributed by atoms with E-state index in [1.165, 1.54) is 11.9 Å². The van der Waals surface area contributed by atoms with Crippen molar-refractivity contribution < 1.29 is 33.4 Å². The Bertz CT molecular complexity index is 2430. The second-order valence-corrected chi connectivity index (χ2v) is 18.0. The first kappa shape index (κ1) is 50.5. The molecule has 3 aromatic carbocycles. The smallest absolute Gasteiger partial charge is 0.226 e. The van der Waals surface area contributed by atoms with Crippen LogP contribution in [0.1, 0.15) is 98.6 Å². The number of benzene rings is 3. The van der Waals surface area contributed by atoms with Crippen LogP contribution in [0.25, 0.3) is 22.4 Å². The van der Waals surface area contributed by atoms with Gasteiger partial charge in [0.25, 0.3) is 0 Å². The minimum absolute atomic E-state index is 0.0347. The monoisotopic (exact) mass is 900 g/mol. The Morgan fingerprint density at radius 2 is 1.55 bits per heavy atom. The first-order chi connectivity index (χ1) is 31.4. The van der Waals surface area contributed by atoms with E-state index in [1.807, 2.05) is 36.4 Å². The number of aryl methyl sites for hydroxylation is 1. The highest BCUT2D eigenvalue weighted by molar-refractivity contribution is 6.04. The molecule has 1 aromatic heterocycles. The summed E-state index contributed by atoms with van der Waals surface area (Å²) in [5, 5.41) is 12.1. The average Bonchev–Trinajstić information content (AvgIpc) is 3.28. The van der Waals surface area contributed by atoms with Gasteiger partial charge in [0.05, 0.1) is 29.1 Å². The van der Waals surface area contributed by atoms with Gasteiger partial charge in [-0.15, -0.1) is 0 Å². The lowest BCUT2D eigenvalue weighted by molar-refractivity contribution is -0.142. The number of likely N-dealkylation sites (N-methyl/N-ethyl adjacent to an activating group) is 1. The summed E-state index contributed by atoms with van der Waals surface area (Å²) in [5.41, 5.74) is 29.9. The van der Waals surface area contributed by atoms with Crippen LogP contribution in [0, 0.1) is 30.1 Å². The van der Waals surface area contributed by atoms with Crippen LogP contribution >= 0.6 is 0 Å². The van der Waals surface area contributed by atoms with E-state index in [0.717, 1.165) is 11.1 Å². The molecule has 15 nitrogen and oxygen atoms in total. The molecule has 0 unspecified atom stereocenters. The first-order valence-electron chi connectivity index (χ1n) is 22.5. The van der Waals surface area contributed by atoms with Crippen molar-refractivity contribution in [1.82, 2.24) is 15.2 Å². The largest absolute Gasteiger partial charge is 0.492 e. The summed E-state index contributed by atoms with van der Waals surface area (Å²) in [4.78, 5) is 77.1. The minimum Gasteiger partial charge on any atom is -0.492 e. The van der Waals surface area contributed by atoms with E-state index in [-0.39, 0.29) is 93.8 Å². The molecule has 66 heavy (non-hydrogen) atoms. The van der Waals surface area contributed by atoms with Gasteiger partial charge in [-0.25, -0.2) is 0 Å². The van der Waals surface area contributed by atoms with Crippen LogP contribution in [-0.2, 0) is 31.0 Å². The van der Waals surface area contributed by atoms with Crippen molar-refractivity contribution in [2.24, 2.45) is 29.0 Å². The molecule has 0 fully saturated rings. The predicted octanol–water partition coefficient (Wildman–Crippen LogP) is 5.53. The standard InChI is InChI=1S/C51H64N8O7/c1-30-24-44(62)48(59(6)50(64)35(17-19-53)28-43(61)47-31(2)57-40(29-39(47)56)33-10-13-36(14-11-33)51(3,4)5)34-12-16-46(66-23-21-55)38(27-34)37-25-32(9-15-45(37)65-22-20-54)26-41(58-49(30)63)42(60)8-7-18-52/h9-16,25,27,29-30,35,41,48H,7-8,17,19-24,26,28,53-55H2,1-6H3,(H2,56,57)(H,58,63)/t30-,35-,41+,48+/m1/s1. The van der Waals surface area contributed by atoms with E-state index in [4.69, 9.17) is 37.4 Å². The number of fused-ring (bicyclic) bond motifs is 5. The number of rotatable bonds is 17. The van der Waals surface area contributed by atoms with Crippen LogP contribution in [0.3, 0.4) is 0 Å². The molecule has 0 spiro atoms. The molecule has 2 heterocycles. The summed E-state index contributed by atoms with van der Waals surface area (Å²) < 4.78 is 12.3. The number of nitriles is 1. The topological polar surface area (TPSA) is 260 Å². The average molecular weight is 901 g/mol. The number of nitrogens with two attached hydrogens (primary N) is 4. The molecule has 0 saturated heterocycles. The third-order valence-electron chi connectivity index (χ3n) is 11.9. The van der Waals surface area contributed by atoms with Crippen LogP contribution < -0.4 is 37.7 Å². The third kappa shape index (κ3) is 12.2. The number of ether oxygens (including phenoxy) is 2. The van der Waals surface area contributed by atoms with Crippen molar-refractivity contribution >= 4 is 34.9 Å². The van der Waals surface area contributed by atoms with E-state index >= 15 is 0 Å². The van der Waals surface area contributed by atoms with Gasteiger partial charge in [-0.05, 0) is 78.7 Å². The lowest BCUT2D eigenvalue weighted by atomic mass is 9.86. The summed E-state index contributed by atoms with van der Waals surface area (Å²) in [6, 6.07) is 19.9. The van der Waals surface area contributed by atoms with Gasteiger partial charge in [0.15, 0.2) is 17.3 Å². The summed E-state index contributed by atoms with van der Waals surface area (Å²) in [6.45, 7) is 10.5. The SMILES string of the molecule is Cc1nc(-c2ccc(C(C)(C)C)cc2)cc(N)c1C(=O)C[C@@H](CCN)C(=O)N(C)[C@@H]1C(=O)C[C@@H](C)C(=O)N[C@H](C(=O)CCC#N)Cc2ccc(OCCN)c(c2)-c2cc1ccc2OCCN. The maximum Gasteiger partial charge on any atom is 0.226 e. The van der Waals surface area contributed by atoms with Gasteiger partial charge in [0.1, 0.15) is 30.8 Å². The number of pyridine rings is 1. The Balaban J connectivity index is 1.57. The number of nitrogens with one attached hydrogen (secondary N) is 1. The van der Waals surface area contributed by atoms with Gasteiger partial charge in [-0.1, -0.05) is 64.1 Å². The molecule has 4 atom stereocenters. The Morgan fingerprint density at radius 1 is 0.909 bits per heavy atom. The zero-order valence-electron chi connectivity index (χ0n) is 38.9. The maximum atomic E-state index is 14.8. The molecule has 1 aliphatic heterocycles. The molecular formula is C51H64N8O7. The zero-order chi connectivity index (χ0) is 48.3. The number of hydrogen-bond acceptors (Lipinski definition) is 13. The first-order valence-corrected chi connectivity index (χ1v) is 22.5. The molecule has 9 N–H and O–H groups in total. The Labute approximate surface area is 387 Å². The minimum atomic E-state index is -1.25. The number of carbonyl (C=O) groups is 5. The number of hydrogen-bond donors (Lipinski definition) is 5. The van der Waals surface area contributed by atoms with Crippen molar-refractivity contribution in [2.75, 3.05) is 45.6 Å². The number of nitrogens with zero attached hydrogens (tertiary/aromatic N) is 3. The van der Waals surface area contributed by atoms with Gasteiger partial charge in [-0.2, -0.15) is 5.26 Å². The molecule has 2 amide bonds. The lowest BCUT2D eigenvalue weighted by Gasteiger charge is -2.32. The van der Waals surface area contributed by atoms with Crippen molar-refractivity contribution in [3.8, 4) is 40.0 Å². The Morgan fingerprint density at radius 3 is 2.14 bits per heavy atom. The molecule has 4 bridgehead atoms. The quantitative estimate of drug-likeness (QED) is 0.0819. The highest BCUT2D eigenvalue weighted by atomic mass is 16.5. The van der Waals surface area contributed by atoms with E-state index in [2.05, 4.69) is 26.1 Å². The Hall–Kier alpha value is -6.47. The van der Waals surface area contributed by atoms with Gasteiger partial charge < -0.3 is 42.6 Å². The van der Waals surface area contributed by atoms with Crippen LogP contribution in [0.5, 0.6) is 11.5 Å². The summed E-state index contributed by atoms with van der Waals surface area (Å²) in [5.74, 6) is -3.32. The van der Waals surface area contributed by atoms with Crippen LogP contribution in [0.4, 0.5) is 5.69 Å². The normalized spacial score (nSPS) is 16.9.